The standard InChI is InChI=1S/C20H20N4O7S/c1-28-13-5-6-14(15(10-13)24(26)27)21-18(25)11-32-20-23-22-19(31-20)9-12-4-7-16(29-2)17(8-12)30-3/h4-8,10H,9,11H2,1-3H3,(H,21,25). The number of carbonyl (C=O) groups excluding carboxylic acids is 1. The first-order chi connectivity index (χ1) is 15.4. The summed E-state index contributed by atoms with van der Waals surface area (Å²) in [7, 11) is 4.51. The number of rotatable bonds is 10. The number of hydrogen-bond acceptors (Lipinski definition) is 10. The zero-order valence-electron chi connectivity index (χ0n) is 17.5. The van der Waals surface area contributed by atoms with Gasteiger partial charge in [-0.1, -0.05) is 17.8 Å². The van der Waals surface area contributed by atoms with Crippen molar-refractivity contribution in [3.05, 3.63) is 58.0 Å². The molecule has 0 aliphatic carbocycles. The lowest BCUT2D eigenvalue weighted by atomic mass is 10.1. The molecule has 0 saturated heterocycles. The van der Waals surface area contributed by atoms with E-state index in [-0.39, 0.29) is 22.4 Å². The third-order valence-corrected chi connectivity index (χ3v) is 5.07. The maximum atomic E-state index is 12.2. The van der Waals surface area contributed by atoms with E-state index >= 15 is 0 Å². The molecule has 0 saturated carbocycles. The molecule has 0 fully saturated rings. The summed E-state index contributed by atoms with van der Waals surface area (Å²) in [5.41, 5.74) is 0.686. The minimum Gasteiger partial charge on any atom is -0.496 e. The van der Waals surface area contributed by atoms with Crippen LogP contribution < -0.4 is 19.5 Å². The molecule has 3 aromatic rings. The number of aromatic nitrogens is 2. The van der Waals surface area contributed by atoms with Gasteiger partial charge in [0.05, 0.1) is 44.5 Å². The van der Waals surface area contributed by atoms with Gasteiger partial charge in [-0.05, 0) is 29.8 Å². The molecule has 1 N–H and O–H groups in total. The van der Waals surface area contributed by atoms with Gasteiger partial charge in [0.1, 0.15) is 11.4 Å². The molecule has 0 atom stereocenters. The van der Waals surface area contributed by atoms with Crippen LogP contribution in [0.1, 0.15) is 11.5 Å². The quantitative estimate of drug-likeness (QED) is 0.272. The fourth-order valence-corrected chi connectivity index (χ4v) is 3.32. The van der Waals surface area contributed by atoms with E-state index < -0.39 is 10.8 Å². The Kier molecular flexibility index (Phi) is 7.49. The van der Waals surface area contributed by atoms with Gasteiger partial charge >= 0.3 is 0 Å². The van der Waals surface area contributed by atoms with Gasteiger partial charge in [0.2, 0.25) is 11.8 Å². The summed E-state index contributed by atoms with van der Waals surface area (Å²) in [6.07, 6.45) is 0.373. The van der Waals surface area contributed by atoms with Crippen molar-refractivity contribution in [1.82, 2.24) is 10.2 Å². The van der Waals surface area contributed by atoms with E-state index in [1.54, 1.807) is 20.3 Å². The van der Waals surface area contributed by atoms with E-state index in [0.29, 0.717) is 29.6 Å². The number of anilines is 1. The summed E-state index contributed by atoms with van der Waals surface area (Å²) in [4.78, 5) is 22.9. The smallest absolute Gasteiger partial charge is 0.296 e. The van der Waals surface area contributed by atoms with E-state index in [0.717, 1.165) is 17.3 Å². The van der Waals surface area contributed by atoms with Crippen LogP contribution in [0.5, 0.6) is 17.2 Å². The Morgan fingerprint density at radius 1 is 1.09 bits per heavy atom. The Balaban J connectivity index is 1.58. The first-order valence-electron chi connectivity index (χ1n) is 9.21. The monoisotopic (exact) mass is 460 g/mol. The van der Waals surface area contributed by atoms with E-state index in [1.165, 1.54) is 25.3 Å². The summed E-state index contributed by atoms with van der Waals surface area (Å²) in [5, 5.41) is 21.8. The molecular formula is C20H20N4O7S. The molecule has 1 aromatic heterocycles. The summed E-state index contributed by atoms with van der Waals surface area (Å²) in [5.74, 6) is 1.36. The second-order valence-electron chi connectivity index (χ2n) is 6.30. The van der Waals surface area contributed by atoms with Crippen molar-refractivity contribution in [3.63, 3.8) is 0 Å². The average Bonchev–Trinajstić information content (AvgIpc) is 3.25. The second kappa shape index (κ2) is 10.5. The number of methoxy groups -OCH3 is 3. The lowest BCUT2D eigenvalue weighted by Gasteiger charge is -2.08. The van der Waals surface area contributed by atoms with Crippen molar-refractivity contribution in [3.8, 4) is 17.2 Å². The molecule has 1 amide bonds. The molecule has 2 aromatic carbocycles. The molecule has 0 bridgehead atoms. The number of hydrogen-bond donors (Lipinski definition) is 1. The van der Waals surface area contributed by atoms with Crippen molar-refractivity contribution in [2.75, 3.05) is 32.4 Å². The minimum absolute atomic E-state index is 0.0683. The highest BCUT2D eigenvalue weighted by Crippen LogP contribution is 2.30. The molecule has 0 unspecified atom stereocenters. The summed E-state index contributed by atoms with van der Waals surface area (Å²) in [6, 6.07) is 9.62. The van der Waals surface area contributed by atoms with Crippen LogP contribution in [-0.4, -0.2) is 48.1 Å². The molecule has 1 heterocycles. The zero-order valence-corrected chi connectivity index (χ0v) is 18.3. The van der Waals surface area contributed by atoms with Crippen LogP contribution in [-0.2, 0) is 11.2 Å². The van der Waals surface area contributed by atoms with Crippen molar-refractivity contribution in [2.45, 2.75) is 11.6 Å². The number of nitro benzene ring substituents is 1. The predicted octanol–water partition coefficient (Wildman–Crippen LogP) is 3.33. The molecule has 0 radical (unpaired) electrons. The Hall–Kier alpha value is -3.80. The van der Waals surface area contributed by atoms with E-state index in [9.17, 15) is 14.9 Å². The van der Waals surface area contributed by atoms with Crippen LogP contribution in [0.3, 0.4) is 0 Å². The fourth-order valence-electron chi connectivity index (χ4n) is 2.74. The number of benzene rings is 2. The normalized spacial score (nSPS) is 10.5. The van der Waals surface area contributed by atoms with Crippen LogP contribution in [0.2, 0.25) is 0 Å². The molecule has 0 spiro atoms. The molecular weight excluding hydrogens is 440 g/mol. The summed E-state index contributed by atoms with van der Waals surface area (Å²) in [6.45, 7) is 0. The molecule has 0 aliphatic heterocycles. The van der Waals surface area contributed by atoms with Gasteiger partial charge in [-0.25, -0.2) is 0 Å². The van der Waals surface area contributed by atoms with Crippen LogP contribution in [0.15, 0.2) is 46.0 Å². The second-order valence-corrected chi connectivity index (χ2v) is 7.23. The van der Waals surface area contributed by atoms with Crippen LogP contribution in [0.4, 0.5) is 11.4 Å². The lowest BCUT2D eigenvalue weighted by Crippen LogP contribution is -2.15. The zero-order chi connectivity index (χ0) is 23.1. The molecule has 168 valence electrons. The number of amides is 1. The van der Waals surface area contributed by atoms with Crippen molar-refractivity contribution < 1.29 is 28.3 Å². The maximum absolute atomic E-state index is 12.2. The Morgan fingerprint density at radius 2 is 1.88 bits per heavy atom. The third kappa shape index (κ3) is 5.66. The third-order valence-electron chi connectivity index (χ3n) is 4.25. The maximum Gasteiger partial charge on any atom is 0.296 e. The van der Waals surface area contributed by atoms with Gasteiger partial charge in [0.25, 0.3) is 10.9 Å². The van der Waals surface area contributed by atoms with Gasteiger partial charge in [-0.2, -0.15) is 0 Å². The average molecular weight is 460 g/mol. The largest absolute Gasteiger partial charge is 0.496 e. The first kappa shape index (κ1) is 22.9. The highest BCUT2D eigenvalue weighted by Gasteiger charge is 2.18. The Bertz CT molecular complexity index is 1120. The number of thioether (sulfide) groups is 1. The van der Waals surface area contributed by atoms with E-state index in [1.807, 2.05) is 12.1 Å². The molecule has 0 aliphatic rings. The predicted molar refractivity (Wildman–Crippen MR) is 116 cm³/mol. The number of nitro groups is 1. The topological polar surface area (TPSA) is 139 Å². The SMILES string of the molecule is COc1ccc(NC(=O)CSc2nnc(Cc3ccc(OC)c(OC)c3)o2)c([N+](=O)[O-])c1. The molecule has 32 heavy (non-hydrogen) atoms. The highest BCUT2D eigenvalue weighted by atomic mass is 32.2. The molecule has 11 nitrogen and oxygen atoms in total. The Morgan fingerprint density at radius 3 is 2.56 bits per heavy atom. The minimum atomic E-state index is -0.594. The Labute approximate surface area is 187 Å². The van der Waals surface area contributed by atoms with Crippen LogP contribution in [0.25, 0.3) is 0 Å². The number of nitrogens with zero attached hydrogens (tertiary/aromatic N) is 3. The lowest BCUT2D eigenvalue weighted by molar-refractivity contribution is -0.384. The molecule has 3 rings (SSSR count). The van der Waals surface area contributed by atoms with Crippen molar-refractivity contribution >= 4 is 29.0 Å². The highest BCUT2D eigenvalue weighted by molar-refractivity contribution is 7.99. The summed E-state index contributed by atoms with van der Waals surface area (Å²) >= 11 is 1.02. The van der Waals surface area contributed by atoms with E-state index in [2.05, 4.69) is 15.5 Å². The number of nitrogens with one attached hydrogen (secondary N) is 1. The fraction of sp³-hybridized carbons (Fsp3) is 0.250. The van der Waals surface area contributed by atoms with Gasteiger partial charge < -0.3 is 23.9 Å². The first-order valence-corrected chi connectivity index (χ1v) is 10.2. The van der Waals surface area contributed by atoms with Crippen molar-refractivity contribution in [2.24, 2.45) is 0 Å². The van der Waals surface area contributed by atoms with Gasteiger partial charge in [0, 0.05) is 0 Å². The number of carbonyl (C=O) groups is 1. The van der Waals surface area contributed by atoms with Gasteiger partial charge in [0.15, 0.2) is 11.5 Å². The van der Waals surface area contributed by atoms with Crippen LogP contribution in [0, 0.1) is 10.1 Å². The van der Waals surface area contributed by atoms with Crippen LogP contribution >= 0.6 is 11.8 Å². The number of ether oxygens (including phenoxy) is 3. The summed E-state index contributed by atoms with van der Waals surface area (Å²) < 4.78 is 21.0. The van der Waals surface area contributed by atoms with Gasteiger partial charge in [-0.3, -0.25) is 14.9 Å². The van der Waals surface area contributed by atoms with Gasteiger partial charge in [-0.15, -0.1) is 10.2 Å². The van der Waals surface area contributed by atoms with E-state index in [4.69, 9.17) is 18.6 Å². The van der Waals surface area contributed by atoms with Crippen molar-refractivity contribution in [1.29, 1.82) is 0 Å². The molecule has 12 heteroatoms.